The van der Waals surface area contributed by atoms with Gasteiger partial charge in [0.05, 0.1) is 10.6 Å². The summed E-state index contributed by atoms with van der Waals surface area (Å²) >= 11 is 1.41. The summed E-state index contributed by atoms with van der Waals surface area (Å²) in [7, 11) is -3.63. The highest BCUT2D eigenvalue weighted by Gasteiger charge is 2.26. The number of aromatic nitrogens is 1. The lowest BCUT2D eigenvalue weighted by atomic mass is 10.1. The average molecular weight is 486 g/mol. The second-order valence-corrected chi connectivity index (χ2v) is 12.0. The molecule has 3 rings (SSSR count). The van der Waals surface area contributed by atoms with Crippen LogP contribution >= 0.6 is 11.3 Å². The number of carbonyl (C=O) groups is 1. The third-order valence-electron chi connectivity index (χ3n) is 4.96. The van der Waals surface area contributed by atoms with Crippen molar-refractivity contribution in [1.29, 1.82) is 0 Å². The number of anilines is 1. The summed E-state index contributed by atoms with van der Waals surface area (Å²) in [5.41, 5.74) is 2.21. The van der Waals surface area contributed by atoms with E-state index in [2.05, 4.69) is 10.3 Å². The number of benzene rings is 2. The number of rotatable bonds is 9. The molecule has 0 saturated carbocycles. The molecule has 3 aromatic rings. The van der Waals surface area contributed by atoms with E-state index in [4.69, 9.17) is 0 Å². The fraction of sp³-hybridized carbons (Fsp3) is 0.360. The third kappa shape index (κ3) is 6.28. The molecule has 1 amide bonds. The summed E-state index contributed by atoms with van der Waals surface area (Å²) in [5, 5.41) is 3.34. The Hall–Kier alpha value is -2.55. The first-order valence-corrected chi connectivity index (χ1v) is 13.3. The van der Waals surface area contributed by atoms with Gasteiger partial charge in [0.1, 0.15) is 0 Å². The second-order valence-electron chi connectivity index (χ2n) is 8.88. The van der Waals surface area contributed by atoms with Crippen molar-refractivity contribution in [2.24, 2.45) is 11.8 Å². The van der Waals surface area contributed by atoms with E-state index in [0.29, 0.717) is 23.8 Å². The van der Waals surface area contributed by atoms with Crippen molar-refractivity contribution in [3.8, 4) is 11.3 Å². The van der Waals surface area contributed by atoms with Gasteiger partial charge in [0.2, 0.25) is 10.0 Å². The van der Waals surface area contributed by atoms with Crippen LogP contribution < -0.4 is 5.32 Å². The smallest absolute Gasteiger partial charge is 0.257 e. The van der Waals surface area contributed by atoms with Gasteiger partial charge in [-0.3, -0.25) is 10.1 Å². The van der Waals surface area contributed by atoms with Gasteiger partial charge in [-0.1, -0.05) is 58.0 Å². The molecule has 0 aliphatic carbocycles. The molecular weight excluding hydrogens is 454 g/mol. The highest BCUT2D eigenvalue weighted by Crippen LogP contribution is 2.30. The molecule has 0 saturated heterocycles. The largest absolute Gasteiger partial charge is 0.298 e. The number of sulfonamides is 1. The normalized spacial score (nSPS) is 12.0. The zero-order valence-electron chi connectivity index (χ0n) is 19.7. The summed E-state index contributed by atoms with van der Waals surface area (Å²) in [6.45, 7) is 10.9. The van der Waals surface area contributed by atoms with Crippen molar-refractivity contribution in [3.63, 3.8) is 0 Å². The maximum atomic E-state index is 13.2. The SMILES string of the molecule is Cc1sc(NC(=O)c2ccc(S(=O)(=O)N(CC(C)C)CC(C)C)cc2)nc1-c1ccccc1. The Kier molecular flexibility index (Phi) is 8.05. The molecule has 33 heavy (non-hydrogen) atoms. The first-order valence-electron chi connectivity index (χ1n) is 11.0. The minimum Gasteiger partial charge on any atom is -0.298 e. The minimum absolute atomic E-state index is 0.191. The maximum Gasteiger partial charge on any atom is 0.257 e. The molecule has 0 bridgehead atoms. The van der Waals surface area contributed by atoms with E-state index in [1.54, 1.807) is 12.1 Å². The van der Waals surface area contributed by atoms with Crippen molar-refractivity contribution in [2.45, 2.75) is 39.5 Å². The quantitative estimate of drug-likeness (QED) is 0.423. The van der Waals surface area contributed by atoms with Gasteiger partial charge in [-0.25, -0.2) is 13.4 Å². The number of nitrogens with one attached hydrogen (secondary N) is 1. The van der Waals surface area contributed by atoms with E-state index in [9.17, 15) is 13.2 Å². The molecule has 1 heterocycles. The first kappa shape index (κ1) is 25.1. The molecule has 0 unspecified atom stereocenters. The fourth-order valence-corrected chi connectivity index (χ4v) is 6.09. The zero-order valence-corrected chi connectivity index (χ0v) is 21.3. The molecule has 1 N–H and O–H groups in total. The molecular formula is C25H31N3O3S2. The monoisotopic (exact) mass is 485 g/mol. The lowest BCUT2D eigenvalue weighted by molar-refractivity contribution is 0.102. The van der Waals surface area contributed by atoms with Gasteiger partial charge in [0.15, 0.2) is 5.13 Å². The van der Waals surface area contributed by atoms with Gasteiger partial charge < -0.3 is 0 Å². The van der Waals surface area contributed by atoms with Crippen LogP contribution in [0.1, 0.15) is 42.9 Å². The first-order chi connectivity index (χ1) is 15.6. The summed E-state index contributed by atoms with van der Waals surface area (Å²) in [6, 6.07) is 15.9. The van der Waals surface area contributed by atoms with Gasteiger partial charge in [-0.15, -0.1) is 11.3 Å². The van der Waals surface area contributed by atoms with Gasteiger partial charge in [0.25, 0.3) is 5.91 Å². The molecule has 0 atom stereocenters. The molecule has 176 valence electrons. The van der Waals surface area contributed by atoms with Gasteiger partial charge in [-0.05, 0) is 43.0 Å². The lowest BCUT2D eigenvalue weighted by Gasteiger charge is -2.25. The van der Waals surface area contributed by atoms with Crippen molar-refractivity contribution in [1.82, 2.24) is 9.29 Å². The van der Waals surface area contributed by atoms with Crippen LogP contribution in [0.4, 0.5) is 5.13 Å². The van der Waals surface area contributed by atoms with Crippen LogP contribution in [0.25, 0.3) is 11.3 Å². The number of amides is 1. The Labute approximate surface area is 200 Å². The summed E-state index contributed by atoms with van der Waals surface area (Å²) < 4.78 is 27.9. The molecule has 1 aromatic heterocycles. The number of aryl methyl sites for hydroxylation is 1. The number of carbonyl (C=O) groups excluding carboxylic acids is 1. The van der Waals surface area contributed by atoms with Crippen molar-refractivity contribution in [3.05, 3.63) is 65.0 Å². The molecule has 0 fully saturated rings. The molecule has 0 spiro atoms. The predicted octanol–water partition coefficient (Wildman–Crippen LogP) is 5.67. The van der Waals surface area contributed by atoms with Crippen molar-refractivity contribution in [2.75, 3.05) is 18.4 Å². The highest BCUT2D eigenvalue weighted by molar-refractivity contribution is 7.89. The number of nitrogens with zero attached hydrogens (tertiary/aromatic N) is 2. The maximum absolute atomic E-state index is 13.2. The Balaban J connectivity index is 1.76. The van der Waals surface area contributed by atoms with Crippen LogP contribution in [0.15, 0.2) is 59.5 Å². The van der Waals surface area contributed by atoms with Crippen molar-refractivity contribution < 1.29 is 13.2 Å². The molecule has 6 nitrogen and oxygen atoms in total. The average Bonchev–Trinajstić information content (AvgIpc) is 3.13. The van der Waals surface area contributed by atoms with E-state index in [0.717, 1.165) is 16.1 Å². The van der Waals surface area contributed by atoms with E-state index < -0.39 is 10.0 Å². The molecule has 0 aliphatic heterocycles. The van der Waals surface area contributed by atoms with Crippen LogP contribution in [0.3, 0.4) is 0 Å². The molecule has 0 radical (unpaired) electrons. The summed E-state index contributed by atoms with van der Waals surface area (Å²) in [6.07, 6.45) is 0. The van der Waals surface area contributed by atoms with Crippen LogP contribution in [-0.4, -0.2) is 36.7 Å². The van der Waals surface area contributed by atoms with Gasteiger partial charge in [-0.2, -0.15) is 4.31 Å². The topological polar surface area (TPSA) is 79.4 Å². The molecule has 8 heteroatoms. The number of hydrogen-bond donors (Lipinski definition) is 1. The highest BCUT2D eigenvalue weighted by atomic mass is 32.2. The number of thiazole rings is 1. The van der Waals surface area contributed by atoms with Gasteiger partial charge in [0, 0.05) is 29.1 Å². The standard InChI is InChI=1S/C25H31N3O3S2/c1-17(2)15-28(16-18(3)4)33(30,31)22-13-11-21(12-14-22)24(29)27-25-26-23(19(5)32-25)20-9-7-6-8-10-20/h6-14,17-18H,15-16H2,1-5H3,(H,26,27,29). The Morgan fingerprint density at radius 1 is 0.970 bits per heavy atom. The molecule has 0 aliphatic rings. The minimum atomic E-state index is -3.63. The van der Waals surface area contributed by atoms with Crippen LogP contribution in [-0.2, 0) is 10.0 Å². The molecule has 2 aromatic carbocycles. The fourth-order valence-electron chi connectivity index (χ4n) is 3.50. The Morgan fingerprint density at radius 2 is 1.55 bits per heavy atom. The second kappa shape index (κ2) is 10.6. The third-order valence-corrected chi connectivity index (χ3v) is 7.69. The van der Waals surface area contributed by atoms with Crippen LogP contribution in [0.5, 0.6) is 0 Å². The van der Waals surface area contributed by atoms with E-state index in [1.165, 1.54) is 27.8 Å². The van der Waals surface area contributed by atoms with E-state index in [-0.39, 0.29) is 22.6 Å². The van der Waals surface area contributed by atoms with E-state index >= 15 is 0 Å². The zero-order chi connectivity index (χ0) is 24.2. The van der Waals surface area contributed by atoms with E-state index in [1.807, 2.05) is 65.0 Å². The van der Waals surface area contributed by atoms with Crippen LogP contribution in [0, 0.1) is 18.8 Å². The Bertz CT molecular complexity index is 1180. The Morgan fingerprint density at radius 3 is 2.09 bits per heavy atom. The summed E-state index contributed by atoms with van der Waals surface area (Å²) in [5.74, 6) is 0.103. The van der Waals surface area contributed by atoms with Gasteiger partial charge >= 0.3 is 0 Å². The predicted molar refractivity (Wildman–Crippen MR) is 135 cm³/mol. The van der Waals surface area contributed by atoms with Crippen molar-refractivity contribution >= 4 is 32.4 Å². The lowest BCUT2D eigenvalue weighted by Crippen LogP contribution is -2.37. The van der Waals surface area contributed by atoms with Crippen LogP contribution in [0.2, 0.25) is 0 Å². The summed E-state index contributed by atoms with van der Waals surface area (Å²) in [4.78, 5) is 18.5. The number of hydrogen-bond acceptors (Lipinski definition) is 5.